The fraction of sp³-hybridized carbons (Fsp3) is 0.214. The molecule has 20 heavy (non-hydrogen) atoms. The third kappa shape index (κ3) is 2.00. The predicted octanol–water partition coefficient (Wildman–Crippen LogP) is 0.652. The van der Waals surface area contributed by atoms with Crippen molar-refractivity contribution in [3.63, 3.8) is 0 Å². The zero-order valence-corrected chi connectivity index (χ0v) is 12.3. The second-order valence-electron chi connectivity index (χ2n) is 5.18. The average molecular weight is 286 g/mol. The van der Waals surface area contributed by atoms with Crippen LogP contribution >= 0.6 is 0 Å². The molecule has 0 bridgehead atoms. The van der Waals surface area contributed by atoms with E-state index in [2.05, 4.69) is 4.98 Å². The summed E-state index contributed by atoms with van der Waals surface area (Å²) < 4.78 is 26.8. The Labute approximate surface area is 119 Å². The van der Waals surface area contributed by atoms with Gasteiger partial charge in [-0.15, -0.1) is 0 Å². The number of hydrogen-bond donors (Lipinski definition) is 0. The standard InChI is InChI=1S/C14H15BN2O2S/c1-10-9-17(14-13(10)7-11(15)8-16-14)20(18,19)12-5-3-2-4-6-12/h2-8,10H,9,15H2,1H3. The van der Waals surface area contributed by atoms with Crippen LogP contribution in [0.15, 0.2) is 47.5 Å². The topological polar surface area (TPSA) is 50.3 Å². The number of nitrogens with zero attached hydrogens (tertiary/aromatic N) is 2. The Morgan fingerprint density at radius 3 is 2.70 bits per heavy atom. The number of benzene rings is 1. The van der Waals surface area contributed by atoms with E-state index in [-0.39, 0.29) is 5.92 Å². The fourth-order valence-electron chi connectivity index (χ4n) is 2.52. The van der Waals surface area contributed by atoms with E-state index in [1.54, 1.807) is 36.5 Å². The number of fused-ring (bicyclic) bond motifs is 1. The molecular weight excluding hydrogens is 271 g/mol. The Hall–Kier alpha value is -1.82. The molecule has 0 N–H and O–H groups in total. The maximum absolute atomic E-state index is 12.7. The lowest BCUT2D eigenvalue weighted by atomic mass is 9.94. The van der Waals surface area contributed by atoms with Crippen LogP contribution in [0.4, 0.5) is 5.82 Å². The number of anilines is 1. The predicted molar refractivity (Wildman–Crippen MR) is 81.8 cm³/mol. The highest BCUT2D eigenvalue weighted by molar-refractivity contribution is 7.92. The molecule has 0 saturated carbocycles. The lowest BCUT2D eigenvalue weighted by Crippen LogP contribution is -2.30. The van der Waals surface area contributed by atoms with E-state index in [1.807, 2.05) is 20.8 Å². The first-order valence-corrected chi connectivity index (χ1v) is 7.98. The largest absolute Gasteiger partial charge is 0.265 e. The van der Waals surface area contributed by atoms with E-state index >= 15 is 0 Å². The Bertz CT molecular complexity index is 747. The van der Waals surface area contributed by atoms with Crippen molar-refractivity contribution >= 4 is 29.2 Å². The second kappa shape index (κ2) is 4.63. The molecule has 1 atom stereocenters. The van der Waals surface area contributed by atoms with Crippen molar-refractivity contribution in [3.8, 4) is 0 Å². The summed E-state index contributed by atoms with van der Waals surface area (Å²) >= 11 is 0. The van der Waals surface area contributed by atoms with Gasteiger partial charge in [-0.05, 0) is 17.7 Å². The van der Waals surface area contributed by atoms with Gasteiger partial charge in [0.25, 0.3) is 10.0 Å². The molecule has 1 aromatic heterocycles. The van der Waals surface area contributed by atoms with E-state index in [9.17, 15) is 8.42 Å². The smallest absolute Gasteiger partial charge is 0.249 e. The average Bonchev–Trinajstić information content (AvgIpc) is 2.77. The van der Waals surface area contributed by atoms with Crippen LogP contribution in [0.1, 0.15) is 18.4 Å². The van der Waals surface area contributed by atoms with Gasteiger partial charge in [-0.25, -0.2) is 17.7 Å². The van der Waals surface area contributed by atoms with E-state index in [4.69, 9.17) is 0 Å². The Morgan fingerprint density at radius 1 is 1.30 bits per heavy atom. The molecule has 2 aromatic rings. The van der Waals surface area contributed by atoms with Crippen molar-refractivity contribution in [1.29, 1.82) is 0 Å². The highest BCUT2D eigenvalue weighted by Crippen LogP contribution is 2.36. The number of aromatic nitrogens is 1. The molecule has 1 aliphatic heterocycles. The zero-order valence-electron chi connectivity index (χ0n) is 11.4. The monoisotopic (exact) mass is 286 g/mol. The van der Waals surface area contributed by atoms with Crippen LogP contribution in [-0.4, -0.2) is 27.8 Å². The molecule has 4 nitrogen and oxygen atoms in total. The minimum atomic E-state index is -3.53. The maximum atomic E-state index is 12.7. The van der Waals surface area contributed by atoms with Crippen molar-refractivity contribution in [2.75, 3.05) is 10.8 Å². The Morgan fingerprint density at radius 2 is 2.00 bits per heavy atom. The summed E-state index contributed by atoms with van der Waals surface area (Å²) in [6.07, 6.45) is 1.71. The third-order valence-electron chi connectivity index (χ3n) is 3.57. The van der Waals surface area contributed by atoms with E-state index in [0.29, 0.717) is 17.3 Å². The summed E-state index contributed by atoms with van der Waals surface area (Å²) in [5.74, 6) is 0.725. The second-order valence-corrected chi connectivity index (χ2v) is 7.04. The highest BCUT2D eigenvalue weighted by Gasteiger charge is 2.35. The van der Waals surface area contributed by atoms with Crippen LogP contribution in [0, 0.1) is 0 Å². The highest BCUT2D eigenvalue weighted by atomic mass is 32.2. The van der Waals surface area contributed by atoms with Gasteiger partial charge in [0.15, 0.2) is 0 Å². The van der Waals surface area contributed by atoms with E-state index < -0.39 is 10.0 Å². The Kier molecular flexibility index (Phi) is 3.05. The number of pyridine rings is 1. The molecule has 102 valence electrons. The van der Waals surface area contributed by atoms with Gasteiger partial charge in [0, 0.05) is 18.7 Å². The number of sulfonamides is 1. The fourth-order valence-corrected chi connectivity index (χ4v) is 4.08. The quantitative estimate of drug-likeness (QED) is 0.762. The molecule has 6 heteroatoms. The molecule has 2 heterocycles. The van der Waals surface area contributed by atoms with Gasteiger partial charge in [0.1, 0.15) is 13.7 Å². The first-order valence-electron chi connectivity index (χ1n) is 6.54. The van der Waals surface area contributed by atoms with Gasteiger partial charge in [0.2, 0.25) is 0 Å². The summed E-state index contributed by atoms with van der Waals surface area (Å²) in [6.45, 7) is 2.48. The van der Waals surface area contributed by atoms with Gasteiger partial charge < -0.3 is 0 Å². The number of hydrogen-bond acceptors (Lipinski definition) is 3. The normalized spacial score (nSPS) is 18.1. The number of rotatable bonds is 2. The molecule has 0 amide bonds. The van der Waals surface area contributed by atoms with Crippen molar-refractivity contribution < 1.29 is 8.42 Å². The summed E-state index contributed by atoms with van der Waals surface area (Å²) in [6, 6.07) is 10.5. The molecule has 0 spiro atoms. The first kappa shape index (κ1) is 13.2. The molecule has 1 aromatic carbocycles. The zero-order chi connectivity index (χ0) is 14.3. The van der Waals surface area contributed by atoms with Gasteiger partial charge in [-0.3, -0.25) is 0 Å². The molecule has 0 aliphatic carbocycles. The van der Waals surface area contributed by atoms with Gasteiger partial charge in [0.05, 0.1) is 4.90 Å². The molecule has 1 unspecified atom stereocenters. The van der Waals surface area contributed by atoms with Gasteiger partial charge in [-0.1, -0.05) is 36.7 Å². The van der Waals surface area contributed by atoms with Crippen LogP contribution in [0.5, 0.6) is 0 Å². The minimum Gasteiger partial charge on any atom is -0.249 e. The minimum absolute atomic E-state index is 0.163. The molecular formula is C14H15BN2O2S. The Balaban J connectivity index is 2.10. The van der Waals surface area contributed by atoms with Crippen LogP contribution in [0.25, 0.3) is 0 Å². The maximum Gasteiger partial charge on any atom is 0.265 e. The molecule has 3 rings (SSSR count). The lowest BCUT2D eigenvalue weighted by Gasteiger charge is -2.18. The summed E-state index contributed by atoms with van der Waals surface area (Å²) in [5, 5.41) is 0. The van der Waals surface area contributed by atoms with E-state index in [1.165, 1.54) is 4.31 Å². The summed E-state index contributed by atoms with van der Waals surface area (Å²) in [4.78, 5) is 4.64. The van der Waals surface area contributed by atoms with Crippen molar-refractivity contribution in [2.24, 2.45) is 0 Å². The van der Waals surface area contributed by atoms with Crippen molar-refractivity contribution in [2.45, 2.75) is 17.7 Å². The van der Waals surface area contributed by atoms with Gasteiger partial charge >= 0.3 is 0 Å². The van der Waals surface area contributed by atoms with E-state index in [0.717, 1.165) is 11.0 Å². The molecule has 0 fully saturated rings. The lowest BCUT2D eigenvalue weighted by molar-refractivity contribution is 0.590. The van der Waals surface area contributed by atoms with Gasteiger partial charge in [-0.2, -0.15) is 0 Å². The van der Waals surface area contributed by atoms with Crippen molar-refractivity contribution in [1.82, 2.24) is 4.98 Å². The van der Waals surface area contributed by atoms with Crippen LogP contribution in [0.2, 0.25) is 0 Å². The molecule has 1 aliphatic rings. The summed E-state index contributed by atoms with van der Waals surface area (Å²) in [7, 11) is -1.56. The first-order chi connectivity index (χ1) is 9.50. The molecule has 0 saturated heterocycles. The van der Waals surface area contributed by atoms with Crippen LogP contribution in [-0.2, 0) is 10.0 Å². The van der Waals surface area contributed by atoms with Crippen molar-refractivity contribution in [3.05, 3.63) is 48.2 Å². The van der Waals surface area contributed by atoms with Crippen LogP contribution < -0.4 is 9.77 Å². The SMILES string of the molecule is Bc1cnc2c(c1)C(C)CN2S(=O)(=O)c1ccccc1. The summed E-state index contributed by atoms with van der Waals surface area (Å²) in [5.41, 5.74) is 2.05. The molecule has 0 radical (unpaired) electrons. The third-order valence-corrected chi connectivity index (χ3v) is 5.34. The van der Waals surface area contributed by atoms with Crippen LogP contribution in [0.3, 0.4) is 0 Å².